The molecule has 1 aromatic carbocycles. The summed E-state index contributed by atoms with van der Waals surface area (Å²) >= 11 is 1.28. The molecule has 81 valence electrons. The molecule has 0 aliphatic carbocycles. The van der Waals surface area contributed by atoms with Gasteiger partial charge in [-0.1, -0.05) is 11.3 Å². The Labute approximate surface area is 96.5 Å². The quantitative estimate of drug-likeness (QED) is 0.766. The van der Waals surface area contributed by atoms with Gasteiger partial charge in [-0.15, -0.1) is 0 Å². The van der Waals surface area contributed by atoms with Gasteiger partial charge in [-0.2, -0.15) is 0 Å². The lowest BCUT2D eigenvalue weighted by Crippen LogP contribution is -2.00. The van der Waals surface area contributed by atoms with E-state index in [0.29, 0.717) is 16.4 Å². The molecule has 1 aromatic heterocycles. The first-order valence-electron chi connectivity index (χ1n) is 4.47. The number of rotatable bonds is 3. The fraction of sp³-hybridized carbons (Fsp3) is 0.0909. The zero-order valence-electron chi connectivity index (χ0n) is 8.47. The second-order valence-electron chi connectivity index (χ2n) is 2.89. The van der Waals surface area contributed by atoms with Gasteiger partial charge in [0.15, 0.2) is 5.51 Å². The van der Waals surface area contributed by atoms with Crippen molar-refractivity contribution in [3.8, 4) is 10.8 Å². The number of carbonyl (C=O) groups is 1. The third-order valence-electron chi connectivity index (χ3n) is 1.86. The maximum atomic E-state index is 11.2. The molecule has 0 bridgehead atoms. The van der Waals surface area contributed by atoms with Crippen molar-refractivity contribution in [1.29, 1.82) is 0 Å². The number of hydrogen-bond donors (Lipinski definition) is 0. The van der Waals surface area contributed by atoms with Crippen molar-refractivity contribution in [2.45, 2.75) is 0 Å². The molecule has 16 heavy (non-hydrogen) atoms. The van der Waals surface area contributed by atoms with Crippen LogP contribution in [-0.2, 0) is 4.74 Å². The highest BCUT2D eigenvalue weighted by Gasteiger charge is 2.05. The summed E-state index contributed by atoms with van der Waals surface area (Å²) in [4.78, 5) is 14.9. The number of nitrogens with zero attached hydrogens (tertiary/aromatic N) is 1. The fourth-order valence-corrected chi connectivity index (χ4v) is 1.56. The highest BCUT2D eigenvalue weighted by atomic mass is 32.1. The fourth-order valence-electron chi connectivity index (χ4n) is 1.12. The Morgan fingerprint density at radius 3 is 2.69 bits per heavy atom. The lowest BCUT2D eigenvalue weighted by molar-refractivity contribution is 0.0600. The van der Waals surface area contributed by atoms with Gasteiger partial charge in [0.25, 0.3) is 0 Å². The monoisotopic (exact) mass is 234 g/mol. The van der Waals surface area contributed by atoms with Crippen molar-refractivity contribution in [2.24, 2.45) is 0 Å². The number of methoxy groups -OCH3 is 1. The predicted molar refractivity (Wildman–Crippen MR) is 58.8 cm³/mol. The van der Waals surface area contributed by atoms with Gasteiger partial charge in [0.1, 0.15) is 5.75 Å². The Morgan fingerprint density at radius 2 is 2.12 bits per heavy atom. The van der Waals surface area contributed by atoms with Gasteiger partial charge in [-0.05, 0) is 24.3 Å². The maximum Gasteiger partial charge on any atom is 0.337 e. The summed E-state index contributed by atoms with van der Waals surface area (Å²) in [5.41, 5.74) is 3.17. The van der Waals surface area contributed by atoms with E-state index in [2.05, 4.69) is 15.2 Å². The predicted octanol–water partition coefficient (Wildman–Crippen LogP) is 2.52. The van der Waals surface area contributed by atoms with Gasteiger partial charge < -0.3 is 9.47 Å². The molecule has 2 aromatic rings. The third-order valence-corrected chi connectivity index (χ3v) is 2.45. The largest absolute Gasteiger partial charge is 0.465 e. The third kappa shape index (κ3) is 2.38. The number of ether oxygens (including phenoxy) is 2. The van der Waals surface area contributed by atoms with Gasteiger partial charge >= 0.3 is 5.97 Å². The van der Waals surface area contributed by atoms with E-state index in [9.17, 15) is 4.79 Å². The summed E-state index contributed by atoms with van der Waals surface area (Å²) in [6, 6.07) is 6.69. The Bertz CT molecular complexity index is 464. The van der Waals surface area contributed by atoms with Crippen LogP contribution in [0, 0.1) is 5.51 Å². The molecular formula is C11H8NO3S. The molecule has 1 heterocycles. The first kappa shape index (κ1) is 10.6. The number of hydrogen-bond acceptors (Lipinski definition) is 5. The van der Waals surface area contributed by atoms with E-state index in [1.807, 2.05) is 0 Å². The average Bonchev–Trinajstić information content (AvgIpc) is 2.82. The minimum Gasteiger partial charge on any atom is -0.465 e. The number of aromatic nitrogens is 1. The Morgan fingerprint density at radius 1 is 1.38 bits per heavy atom. The van der Waals surface area contributed by atoms with Gasteiger partial charge in [0, 0.05) is 0 Å². The summed E-state index contributed by atoms with van der Waals surface area (Å²) in [6.45, 7) is 0. The molecule has 0 fully saturated rings. The number of esters is 1. The molecule has 0 amide bonds. The smallest absolute Gasteiger partial charge is 0.337 e. The molecule has 0 saturated heterocycles. The van der Waals surface area contributed by atoms with Crippen molar-refractivity contribution in [3.63, 3.8) is 0 Å². The van der Waals surface area contributed by atoms with E-state index in [0.717, 1.165) is 0 Å². The van der Waals surface area contributed by atoms with Crippen LogP contribution in [0.5, 0.6) is 10.8 Å². The SMILES string of the molecule is COC(=O)c1ccc(Oc2cn[c]s2)cc1. The van der Waals surface area contributed by atoms with Gasteiger partial charge in [0.05, 0.1) is 18.9 Å². The van der Waals surface area contributed by atoms with Crippen molar-refractivity contribution >= 4 is 17.3 Å². The summed E-state index contributed by atoms with van der Waals surface area (Å²) in [7, 11) is 1.35. The highest BCUT2D eigenvalue weighted by molar-refractivity contribution is 7.11. The molecule has 5 heteroatoms. The Kier molecular flexibility index (Phi) is 3.16. The zero-order chi connectivity index (χ0) is 11.4. The minimum atomic E-state index is -0.363. The molecule has 0 unspecified atom stereocenters. The van der Waals surface area contributed by atoms with Crippen molar-refractivity contribution in [2.75, 3.05) is 7.11 Å². The summed E-state index contributed by atoms with van der Waals surface area (Å²) in [6.07, 6.45) is 1.58. The second kappa shape index (κ2) is 4.76. The van der Waals surface area contributed by atoms with Gasteiger partial charge in [-0.25, -0.2) is 9.78 Å². The van der Waals surface area contributed by atoms with Gasteiger partial charge in [-0.3, -0.25) is 0 Å². The Balaban J connectivity index is 2.10. The van der Waals surface area contributed by atoms with Crippen LogP contribution in [0.25, 0.3) is 0 Å². The summed E-state index contributed by atoms with van der Waals surface area (Å²) in [5.74, 6) is 0.281. The van der Waals surface area contributed by atoms with Gasteiger partial charge in [0.2, 0.25) is 5.06 Å². The Hall–Kier alpha value is -1.88. The first-order valence-corrected chi connectivity index (χ1v) is 5.29. The molecule has 0 N–H and O–H groups in total. The molecule has 0 saturated carbocycles. The maximum absolute atomic E-state index is 11.2. The van der Waals surface area contributed by atoms with Crippen LogP contribution in [0.2, 0.25) is 0 Å². The van der Waals surface area contributed by atoms with Crippen LogP contribution in [0.4, 0.5) is 0 Å². The zero-order valence-corrected chi connectivity index (χ0v) is 9.28. The average molecular weight is 234 g/mol. The van der Waals surface area contributed by atoms with Crippen molar-refractivity contribution in [3.05, 3.63) is 41.5 Å². The summed E-state index contributed by atoms with van der Waals surface area (Å²) < 4.78 is 10.0. The van der Waals surface area contributed by atoms with E-state index in [-0.39, 0.29) is 5.97 Å². The van der Waals surface area contributed by atoms with Crippen LogP contribution in [0.3, 0.4) is 0 Å². The number of carbonyl (C=O) groups excluding carboxylic acids is 1. The molecule has 0 aliphatic heterocycles. The molecule has 4 nitrogen and oxygen atoms in total. The number of thiazole rings is 1. The molecule has 2 rings (SSSR count). The molecule has 1 radical (unpaired) electrons. The van der Waals surface area contributed by atoms with E-state index in [1.165, 1.54) is 18.4 Å². The highest BCUT2D eigenvalue weighted by Crippen LogP contribution is 2.24. The van der Waals surface area contributed by atoms with Crippen LogP contribution >= 0.6 is 11.3 Å². The van der Waals surface area contributed by atoms with Crippen molar-refractivity contribution in [1.82, 2.24) is 4.98 Å². The summed E-state index contributed by atoms with van der Waals surface area (Å²) in [5, 5.41) is 0.658. The van der Waals surface area contributed by atoms with E-state index >= 15 is 0 Å². The second-order valence-corrected chi connectivity index (χ2v) is 3.68. The molecule has 0 atom stereocenters. The normalized spacial score (nSPS) is 9.81. The first-order chi connectivity index (χ1) is 7.79. The van der Waals surface area contributed by atoms with E-state index < -0.39 is 0 Å². The molecule has 0 aliphatic rings. The van der Waals surface area contributed by atoms with Crippen molar-refractivity contribution < 1.29 is 14.3 Å². The van der Waals surface area contributed by atoms with E-state index in [4.69, 9.17) is 4.74 Å². The lowest BCUT2D eigenvalue weighted by atomic mass is 10.2. The van der Waals surface area contributed by atoms with Crippen LogP contribution in [0.15, 0.2) is 30.5 Å². The minimum absolute atomic E-state index is 0.363. The molecular weight excluding hydrogens is 226 g/mol. The lowest BCUT2D eigenvalue weighted by Gasteiger charge is -2.03. The standard InChI is InChI=1S/C11H8NO3S/c1-14-11(13)8-2-4-9(5-3-8)15-10-6-12-7-16-10/h2-6H,1H3. The topological polar surface area (TPSA) is 48.4 Å². The van der Waals surface area contributed by atoms with E-state index in [1.54, 1.807) is 30.5 Å². The van der Waals surface area contributed by atoms with Crippen LogP contribution in [-0.4, -0.2) is 18.1 Å². The van der Waals surface area contributed by atoms with Crippen LogP contribution in [0.1, 0.15) is 10.4 Å². The number of benzene rings is 1. The van der Waals surface area contributed by atoms with Crippen LogP contribution < -0.4 is 4.74 Å². The molecule has 0 spiro atoms.